The number of carbonyl (C=O) groups is 4. The fourth-order valence-electron chi connectivity index (χ4n) is 5.38. The van der Waals surface area contributed by atoms with Crippen LogP contribution in [-0.4, -0.2) is 95.6 Å². The molecular weight excluding hydrogens is 592 g/mol. The van der Waals surface area contributed by atoms with Gasteiger partial charge in [-0.15, -0.1) is 13.2 Å². The summed E-state index contributed by atoms with van der Waals surface area (Å²) < 4.78 is 38.6. The van der Waals surface area contributed by atoms with Crippen LogP contribution in [0, 0.1) is 5.92 Å². The van der Waals surface area contributed by atoms with Crippen LogP contribution in [0.15, 0.2) is 25.3 Å². The monoisotopic (exact) mass is 640 g/mol. The molecule has 1 saturated heterocycles. The molecule has 3 aliphatic rings. The number of alkyl carbamates (subject to hydrolysis) is 1. The van der Waals surface area contributed by atoms with E-state index in [1.165, 1.54) is 11.0 Å². The molecule has 0 aromatic heterocycles. The van der Waals surface area contributed by atoms with Crippen molar-refractivity contribution >= 4 is 33.8 Å². The van der Waals surface area contributed by atoms with Gasteiger partial charge in [0.05, 0.1) is 23.6 Å². The Hall–Kier alpha value is -2.97. The number of nitrogens with zero attached hydrogens (tertiary/aromatic N) is 1. The molecule has 0 bridgehead atoms. The standard InChI is InChI=1S/C30H48N4O9S/c1-8-11-12-18(4)42-23(10-3)24(31-28(39)43-29(5,6)7)26(37)34-17-20(35)15-22(34)25(36)32-30(16-19(30)9-2)27(38)33-44(40,41)21-13-14-21/h8-9,18-24,35H,1-2,10-17H2,3-7H3,(H,31,39)(H,32,36)(H,33,38). The number of aliphatic hydroxyl groups excluding tert-OH is 1. The van der Waals surface area contributed by atoms with Crippen molar-refractivity contribution in [2.45, 2.75) is 126 Å². The van der Waals surface area contributed by atoms with E-state index in [1.54, 1.807) is 33.8 Å². The minimum atomic E-state index is -3.87. The van der Waals surface area contributed by atoms with E-state index in [4.69, 9.17) is 9.47 Å². The largest absolute Gasteiger partial charge is 0.444 e. The summed E-state index contributed by atoms with van der Waals surface area (Å²) >= 11 is 0. The number of rotatable bonds is 15. The number of aliphatic hydroxyl groups is 1. The van der Waals surface area contributed by atoms with Gasteiger partial charge in [-0.2, -0.15) is 0 Å². The number of β-amino-alcohol motifs (C(OH)–C–C–N with tert-alkyl or cyclic N) is 1. The van der Waals surface area contributed by atoms with Crippen LogP contribution in [0.25, 0.3) is 0 Å². The zero-order valence-electron chi connectivity index (χ0n) is 26.3. The van der Waals surface area contributed by atoms with Gasteiger partial charge in [0.1, 0.15) is 23.2 Å². The predicted octanol–water partition coefficient (Wildman–Crippen LogP) is 1.66. The molecule has 14 heteroatoms. The fraction of sp³-hybridized carbons (Fsp3) is 0.733. The Labute approximate surface area is 260 Å². The smallest absolute Gasteiger partial charge is 0.408 e. The van der Waals surface area contributed by atoms with Gasteiger partial charge in [0.25, 0.3) is 5.91 Å². The Morgan fingerprint density at radius 1 is 1.18 bits per heavy atom. The summed E-state index contributed by atoms with van der Waals surface area (Å²) in [4.78, 5) is 54.9. The Morgan fingerprint density at radius 3 is 2.36 bits per heavy atom. The second-order valence-corrected chi connectivity index (χ2v) is 14.9. The maximum Gasteiger partial charge on any atom is 0.408 e. The summed E-state index contributed by atoms with van der Waals surface area (Å²) in [6.07, 6.45) is 2.79. The van der Waals surface area contributed by atoms with Crippen LogP contribution in [0.2, 0.25) is 0 Å². The molecule has 0 aromatic rings. The van der Waals surface area contributed by atoms with Crippen molar-refractivity contribution in [1.82, 2.24) is 20.3 Å². The van der Waals surface area contributed by atoms with Crippen molar-refractivity contribution in [1.29, 1.82) is 0 Å². The first kappa shape index (κ1) is 35.5. The van der Waals surface area contributed by atoms with Crippen LogP contribution in [0.5, 0.6) is 0 Å². The van der Waals surface area contributed by atoms with Crippen LogP contribution in [0.4, 0.5) is 4.79 Å². The number of amides is 4. The number of allylic oxidation sites excluding steroid dienone is 1. The number of likely N-dealkylation sites (tertiary alicyclic amines) is 1. The molecule has 248 valence electrons. The zero-order valence-corrected chi connectivity index (χ0v) is 27.2. The molecule has 1 heterocycles. The van der Waals surface area contributed by atoms with Crippen molar-refractivity contribution in [2.24, 2.45) is 5.92 Å². The molecule has 7 unspecified atom stereocenters. The van der Waals surface area contributed by atoms with Crippen LogP contribution < -0.4 is 15.4 Å². The lowest BCUT2D eigenvalue weighted by molar-refractivity contribution is -0.145. The molecule has 44 heavy (non-hydrogen) atoms. The third-order valence-electron chi connectivity index (χ3n) is 8.01. The summed E-state index contributed by atoms with van der Waals surface area (Å²) in [5, 5.41) is 15.2. The van der Waals surface area contributed by atoms with Gasteiger partial charge in [0.15, 0.2) is 0 Å². The molecular formula is C30H48N4O9S. The molecule has 3 rings (SSSR count). The van der Waals surface area contributed by atoms with E-state index in [9.17, 15) is 32.7 Å². The molecule has 0 spiro atoms. The molecule has 7 atom stereocenters. The summed E-state index contributed by atoms with van der Waals surface area (Å²) in [5.74, 6) is -2.78. The number of sulfonamides is 1. The van der Waals surface area contributed by atoms with Crippen molar-refractivity contribution < 1.29 is 42.2 Å². The molecule has 4 N–H and O–H groups in total. The Morgan fingerprint density at radius 2 is 1.84 bits per heavy atom. The lowest BCUT2D eigenvalue weighted by atomic mass is 10.0. The predicted molar refractivity (Wildman–Crippen MR) is 163 cm³/mol. The Balaban J connectivity index is 1.84. The van der Waals surface area contributed by atoms with E-state index < -0.39 is 80.4 Å². The lowest BCUT2D eigenvalue weighted by Crippen LogP contribution is -2.60. The average Bonchev–Trinajstić information content (AvgIpc) is 3.85. The molecule has 0 aromatic carbocycles. The van der Waals surface area contributed by atoms with Gasteiger partial charge in [-0.3, -0.25) is 19.1 Å². The Bertz CT molecular complexity index is 1230. The van der Waals surface area contributed by atoms with Gasteiger partial charge < -0.3 is 30.1 Å². The zero-order chi connectivity index (χ0) is 33.0. The lowest BCUT2D eigenvalue weighted by Gasteiger charge is -2.34. The van der Waals surface area contributed by atoms with Gasteiger partial charge in [-0.1, -0.05) is 19.1 Å². The normalized spacial score (nSPS) is 27.0. The highest BCUT2D eigenvalue weighted by atomic mass is 32.2. The highest BCUT2D eigenvalue weighted by molar-refractivity contribution is 7.91. The number of carbonyl (C=O) groups excluding carboxylic acids is 4. The highest BCUT2D eigenvalue weighted by Crippen LogP contribution is 2.45. The Kier molecular flexibility index (Phi) is 11.3. The molecule has 2 saturated carbocycles. The SMILES string of the molecule is C=CCCC(C)OC(CC)C(NC(=O)OC(C)(C)C)C(=O)N1CC(O)CC1C(=O)NC1(C(=O)NS(=O)(=O)C2CC2)CC1C=C. The van der Waals surface area contributed by atoms with Gasteiger partial charge in [-0.25, -0.2) is 13.2 Å². The topological polar surface area (TPSA) is 180 Å². The first-order chi connectivity index (χ1) is 20.5. The van der Waals surface area contributed by atoms with E-state index in [0.717, 1.165) is 0 Å². The first-order valence-electron chi connectivity index (χ1n) is 15.2. The van der Waals surface area contributed by atoms with Crippen LogP contribution in [0.3, 0.4) is 0 Å². The van der Waals surface area contributed by atoms with Crippen molar-refractivity contribution in [3.8, 4) is 0 Å². The maximum absolute atomic E-state index is 14.1. The fourth-order valence-corrected chi connectivity index (χ4v) is 6.75. The van der Waals surface area contributed by atoms with Crippen LogP contribution in [-0.2, 0) is 33.9 Å². The number of hydrogen-bond acceptors (Lipinski definition) is 9. The van der Waals surface area contributed by atoms with Crippen LogP contribution >= 0.6 is 0 Å². The van der Waals surface area contributed by atoms with Gasteiger partial charge in [0, 0.05) is 18.9 Å². The summed E-state index contributed by atoms with van der Waals surface area (Å²) in [5.41, 5.74) is -2.40. The summed E-state index contributed by atoms with van der Waals surface area (Å²) in [6, 6.07) is -2.46. The summed E-state index contributed by atoms with van der Waals surface area (Å²) in [7, 11) is -3.87. The summed E-state index contributed by atoms with van der Waals surface area (Å²) in [6.45, 7) is 15.9. The van der Waals surface area contributed by atoms with Crippen LogP contribution in [0.1, 0.15) is 79.6 Å². The average molecular weight is 641 g/mol. The quantitative estimate of drug-likeness (QED) is 0.194. The van der Waals surface area contributed by atoms with Crippen molar-refractivity contribution in [3.05, 3.63) is 25.3 Å². The maximum atomic E-state index is 14.1. The van der Waals surface area contributed by atoms with E-state index in [2.05, 4.69) is 28.5 Å². The second kappa shape index (κ2) is 14.0. The van der Waals surface area contributed by atoms with E-state index in [1.807, 2.05) is 6.92 Å². The van der Waals surface area contributed by atoms with Crippen molar-refractivity contribution in [2.75, 3.05) is 6.54 Å². The molecule has 2 aliphatic carbocycles. The number of nitrogens with one attached hydrogen (secondary N) is 3. The molecule has 0 radical (unpaired) electrons. The van der Waals surface area contributed by atoms with Gasteiger partial charge in [0.2, 0.25) is 21.8 Å². The second-order valence-electron chi connectivity index (χ2n) is 13.0. The first-order valence-corrected chi connectivity index (χ1v) is 16.8. The molecule has 3 fully saturated rings. The third kappa shape index (κ3) is 8.81. The number of ether oxygens (including phenoxy) is 2. The third-order valence-corrected chi connectivity index (χ3v) is 9.83. The minimum absolute atomic E-state index is 0.124. The molecule has 4 amide bonds. The van der Waals surface area contributed by atoms with Gasteiger partial charge in [-0.05, 0) is 66.2 Å². The van der Waals surface area contributed by atoms with E-state index in [0.29, 0.717) is 32.1 Å². The highest BCUT2D eigenvalue weighted by Gasteiger charge is 2.62. The minimum Gasteiger partial charge on any atom is -0.444 e. The van der Waals surface area contributed by atoms with E-state index in [-0.39, 0.29) is 25.5 Å². The van der Waals surface area contributed by atoms with E-state index >= 15 is 0 Å². The van der Waals surface area contributed by atoms with Gasteiger partial charge >= 0.3 is 6.09 Å². The molecule has 13 nitrogen and oxygen atoms in total. The van der Waals surface area contributed by atoms with Crippen molar-refractivity contribution in [3.63, 3.8) is 0 Å². The number of hydrogen-bond donors (Lipinski definition) is 4. The molecule has 1 aliphatic heterocycles.